The number of nitrogens with zero attached hydrogens (tertiary/aromatic N) is 2. The van der Waals surface area contributed by atoms with Gasteiger partial charge in [-0.2, -0.15) is 0 Å². The van der Waals surface area contributed by atoms with Crippen LogP contribution in [0, 0.1) is 5.92 Å². The van der Waals surface area contributed by atoms with Crippen LogP contribution in [-0.4, -0.2) is 70.2 Å². The van der Waals surface area contributed by atoms with Gasteiger partial charge in [-0.05, 0) is 12.8 Å². The lowest BCUT2D eigenvalue weighted by Crippen LogP contribution is -2.43. The van der Waals surface area contributed by atoms with Gasteiger partial charge in [-0.1, -0.05) is 0 Å². The largest absolute Gasteiger partial charge is 0.388 e. The molecule has 0 aliphatic carbocycles. The van der Waals surface area contributed by atoms with Crippen molar-refractivity contribution in [3.8, 4) is 0 Å². The summed E-state index contributed by atoms with van der Waals surface area (Å²) in [6.45, 7) is 3.20. The van der Waals surface area contributed by atoms with Crippen LogP contribution in [0.25, 0.3) is 0 Å². The summed E-state index contributed by atoms with van der Waals surface area (Å²) in [5.41, 5.74) is 0. The lowest BCUT2D eigenvalue weighted by atomic mass is 9.95. The van der Waals surface area contributed by atoms with E-state index in [1.54, 1.807) is 4.90 Å². The molecule has 0 aromatic carbocycles. The number of aliphatic hydroxyl groups excluding tert-OH is 2. The van der Waals surface area contributed by atoms with Crippen LogP contribution in [0.2, 0.25) is 0 Å². The van der Waals surface area contributed by atoms with Crippen LogP contribution >= 0.6 is 0 Å². The highest BCUT2D eigenvalue weighted by Crippen LogP contribution is 2.22. The number of likely N-dealkylation sites (tertiary alicyclic amines) is 2. The van der Waals surface area contributed by atoms with Gasteiger partial charge >= 0.3 is 0 Å². The molecular formula is C12H20N2O4. The predicted octanol–water partition coefficient (Wildman–Crippen LogP) is -1.19. The Hall–Kier alpha value is -1.14. The summed E-state index contributed by atoms with van der Waals surface area (Å²) < 4.78 is 0. The zero-order valence-corrected chi connectivity index (χ0v) is 10.6. The summed E-state index contributed by atoms with van der Waals surface area (Å²) in [5.74, 6) is -0.0418. The minimum Gasteiger partial charge on any atom is -0.388 e. The number of piperidine rings is 1. The van der Waals surface area contributed by atoms with Gasteiger partial charge in [-0.15, -0.1) is 0 Å². The normalized spacial score (nSPS) is 29.7. The summed E-state index contributed by atoms with van der Waals surface area (Å²) in [7, 11) is 0. The maximum absolute atomic E-state index is 12.2. The number of rotatable bonds is 1. The Morgan fingerprint density at radius 3 is 1.94 bits per heavy atom. The third-order valence-electron chi connectivity index (χ3n) is 3.86. The Kier molecular flexibility index (Phi) is 3.87. The van der Waals surface area contributed by atoms with Gasteiger partial charge in [0.1, 0.15) is 0 Å². The number of β-amino-alcohol motifs (C(OH)–C–C–N with tert-alkyl or cyclic N) is 2. The molecule has 2 rings (SSSR count). The maximum Gasteiger partial charge on any atom is 0.225 e. The second-order valence-electron chi connectivity index (χ2n) is 5.16. The van der Waals surface area contributed by atoms with Crippen LogP contribution in [0.5, 0.6) is 0 Å². The molecule has 6 nitrogen and oxygen atoms in total. The van der Waals surface area contributed by atoms with Crippen molar-refractivity contribution >= 4 is 11.8 Å². The minimum atomic E-state index is -0.828. The molecule has 2 fully saturated rings. The molecule has 2 N–H and O–H groups in total. The molecule has 2 aliphatic heterocycles. The topological polar surface area (TPSA) is 81.1 Å². The molecule has 2 atom stereocenters. The van der Waals surface area contributed by atoms with Crippen LogP contribution in [0.1, 0.15) is 19.8 Å². The molecule has 0 aromatic rings. The molecule has 6 heteroatoms. The van der Waals surface area contributed by atoms with E-state index in [0.29, 0.717) is 25.9 Å². The van der Waals surface area contributed by atoms with Crippen molar-refractivity contribution in [3.63, 3.8) is 0 Å². The smallest absolute Gasteiger partial charge is 0.225 e. The maximum atomic E-state index is 12.2. The van der Waals surface area contributed by atoms with Gasteiger partial charge in [0.25, 0.3) is 0 Å². The van der Waals surface area contributed by atoms with Gasteiger partial charge in [0, 0.05) is 39.0 Å². The summed E-state index contributed by atoms with van der Waals surface area (Å²) in [4.78, 5) is 26.6. The lowest BCUT2D eigenvalue weighted by Gasteiger charge is -2.32. The summed E-state index contributed by atoms with van der Waals surface area (Å²) >= 11 is 0. The van der Waals surface area contributed by atoms with E-state index in [1.807, 2.05) is 0 Å². The van der Waals surface area contributed by atoms with E-state index in [-0.39, 0.29) is 30.8 Å². The number of carbonyl (C=O) groups is 2. The predicted molar refractivity (Wildman–Crippen MR) is 63.6 cm³/mol. The van der Waals surface area contributed by atoms with Gasteiger partial charge in [-0.3, -0.25) is 9.59 Å². The number of carbonyl (C=O) groups excluding carboxylic acids is 2. The van der Waals surface area contributed by atoms with Crippen LogP contribution in [0.15, 0.2) is 0 Å². The van der Waals surface area contributed by atoms with Gasteiger partial charge in [0.2, 0.25) is 11.8 Å². The fraction of sp³-hybridized carbons (Fsp3) is 0.833. The van der Waals surface area contributed by atoms with Crippen LogP contribution < -0.4 is 0 Å². The summed E-state index contributed by atoms with van der Waals surface area (Å²) in [6.07, 6.45) is -0.320. The van der Waals surface area contributed by atoms with Crippen LogP contribution in [-0.2, 0) is 9.59 Å². The Morgan fingerprint density at radius 2 is 1.50 bits per heavy atom. The van der Waals surface area contributed by atoms with Crippen molar-refractivity contribution in [2.75, 3.05) is 26.2 Å². The molecular weight excluding hydrogens is 236 g/mol. The SMILES string of the molecule is CC(=O)N1CCC(C(=O)N2CC(O)C(O)C2)CC1. The molecule has 0 saturated carbocycles. The Labute approximate surface area is 106 Å². The van der Waals surface area contributed by atoms with E-state index in [0.717, 1.165) is 0 Å². The number of hydrogen-bond donors (Lipinski definition) is 2. The van der Waals surface area contributed by atoms with Crippen molar-refractivity contribution in [2.45, 2.75) is 32.0 Å². The molecule has 0 radical (unpaired) electrons. The highest BCUT2D eigenvalue weighted by molar-refractivity contribution is 5.80. The van der Waals surface area contributed by atoms with E-state index >= 15 is 0 Å². The first-order chi connectivity index (χ1) is 8.49. The van der Waals surface area contributed by atoms with Crippen LogP contribution in [0.3, 0.4) is 0 Å². The van der Waals surface area contributed by atoms with Gasteiger partial charge in [0.05, 0.1) is 12.2 Å². The zero-order valence-electron chi connectivity index (χ0n) is 10.6. The molecule has 0 spiro atoms. The van der Waals surface area contributed by atoms with E-state index in [1.165, 1.54) is 11.8 Å². The molecule has 2 amide bonds. The zero-order chi connectivity index (χ0) is 13.3. The highest BCUT2D eigenvalue weighted by Gasteiger charge is 2.36. The first kappa shape index (κ1) is 13.3. The van der Waals surface area contributed by atoms with Crippen LogP contribution in [0.4, 0.5) is 0 Å². The highest BCUT2D eigenvalue weighted by atomic mass is 16.3. The van der Waals surface area contributed by atoms with Crippen molar-refractivity contribution < 1.29 is 19.8 Å². The number of aliphatic hydroxyl groups is 2. The first-order valence-corrected chi connectivity index (χ1v) is 6.39. The van der Waals surface area contributed by atoms with Crippen molar-refractivity contribution in [2.24, 2.45) is 5.92 Å². The molecule has 2 heterocycles. The van der Waals surface area contributed by atoms with Crippen molar-refractivity contribution in [1.82, 2.24) is 9.80 Å². The minimum absolute atomic E-state index is 0.00574. The Morgan fingerprint density at radius 1 is 1.00 bits per heavy atom. The van der Waals surface area contributed by atoms with Gasteiger partial charge in [-0.25, -0.2) is 0 Å². The van der Waals surface area contributed by atoms with Crippen molar-refractivity contribution in [1.29, 1.82) is 0 Å². The third kappa shape index (κ3) is 2.64. The molecule has 2 saturated heterocycles. The quantitative estimate of drug-likeness (QED) is 0.618. The van der Waals surface area contributed by atoms with E-state index in [4.69, 9.17) is 0 Å². The average molecular weight is 256 g/mol. The Bertz CT molecular complexity index is 329. The first-order valence-electron chi connectivity index (χ1n) is 6.39. The lowest BCUT2D eigenvalue weighted by molar-refractivity contribution is -0.139. The molecule has 0 aromatic heterocycles. The second kappa shape index (κ2) is 5.24. The molecule has 0 bridgehead atoms. The van der Waals surface area contributed by atoms with Crippen molar-refractivity contribution in [3.05, 3.63) is 0 Å². The second-order valence-corrected chi connectivity index (χ2v) is 5.16. The molecule has 18 heavy (non-hydrogen) atoms. The monoisotopic (exact) mass is 256 g/mol. The Balaban J connectivity index is 1.86. The summed E-state index contributed by atoms with van der Waals surface area (Å²) in [5, 5.41) is 18.9. The van der Waals surface area contributed by atoms with Gasteiger partial charge < -0.3 is 20.0 Å². The third-order valence-corrected chi connectivity index (χ3v) is 3.86. The van der Waals surface area contributed by atoms with E-state index in [2.05, 4.69) is 0 Å². The molecule has 102 valence electrons. The fourth-order valence-corrected chi connectivity index (χ4v) is 2.65. The molecule has 2 unspecified atom stereocenters. The van der Waals surface area contributed by atoms with E-state index < -0.39 is 12.2 Å². The van der Waals surface area contributed by atoms with Gasteiger partial charge in [0.15, 0.2) is 0 Å². The number of amides is 2. The number of hydrogen-bond acceptors (Lipinski definition) is 4. The fourth-order valence-electron chi connectivity index (χ4n) is 2.65. The summed E-state index contributed by atoms with van der Waals surface area (Å²) in [6, 6.07) is 0. The molecule has 2 aliphatic rings. The average Bonchev–Trinajstić information content (AvgIpc) is 2.69. The standard InChI is InChI=1S/C12H20N2O4/c1-8(15)13-4-2-9(3-5-13)12(18)14-6-10(16)11(17)7-14/h9-11,16-17H,2-7H2,1H3. The van der Waals surface area contributed by atoms with E-state index in [9.17, 15) is 19.8 Å².